The number of amides is 2. The van der Waals surface area contributed by atoms with E-state index in [0.717, 1.165) is 12.1 Å². The molecule has 0 bridgehead atoms. The zero-order valence-electron chi connectivity index (χ0n) is 13.0. The van der Waals surface area contributed by atoms with Crippen molar-refractivity contribution in [1.82, 2.24) is 15.1 Å². The number of halogens is 3. The van der Waals surface area contributed by atoms with Gasteiger partial charge < -0.3 is 20.7 Å². The molecular formula is C14H14F3N5O3. The van der Waals surface area contributed by atoms with Crippen molar-refractivity contribution in [3.63, 3.8) is 0 Å². The number of nitro groups is 1. The number of hydrogen-bond donors (Lipinski definition) is 2. The minimum absolute atomic E-state index is 0.00164. The highest BCUT2D eigenvalue weighted by Gasteiger charge is 2.30. The van der Waals surface area contributed by atoms with E-state index in [1.807, 2.05) is 0 Å². The molecule has 0 aliphatic carbocycles. The van der Waals surface area contributed by atoms with E-state index in [9.17, 15) is 28.1 Å². The van der Waals surface area contributed by atoms with Crippen molar-refractivity contribution < 1.29 is 22.9 Å². The predicted molar refractivity (Wildman–Crippen MR) is 82.1 cm³/mol. The predicted octanol–water partition coefficient (Wildman–Crippen LogP) is 2.94. The minimum atomic E-state index is -4.50. The number of nitrogens with one attached hydrogen (secondary N) is 2. The van der Waals surface area contributed by atoms with Crippen LogP contribution in [0.3, 0.4) is 0 Å². The number of urea groups is 1. The van der Waals surface area contributed by atoms with Gasteiger partial charge in [0.1, 0.15) is 0 Å². The SMILES string of the molecule is Cc1cc([N+](=O)[O-])nn1CCNC(=O)Nc1cccc(C(F)(F)F)c1. The minimum Gasteiger partial charge on any atom is -0.358 e. The maximum absolute atomic E-state index is 12.6. The van der Waals surface area contributed by atoms with Gasteiger partial charge in [-0.15, -0.1) is 0 Å². The van der Waals surface area contributed by atoms with Crippen LogP contribution in [0.2, 0.25) is 0 Å². The van der Waals surface area contributed by atoms with Gasteiger partial charge in [-0.3, -0.25) is 0 Å². The largest absolute Gasteiger partial charge is 0.416 e. The number of carbonyl (C=O) groups excluding carboxylic acids is 1. The maximum atomic E-state index is 12.6. The first-order valence-corrected chi connectivity index (χ1v) is 7.08. The lowest BCUT2D eigenvalue weighted by Gasteiger charge is -2.10. The number of carbonyl (C=O) groups is 1. The molecule has 0 saturated heterocycles. The van der Waals surface area contributed by atoms with Gasteiger partial charge in [-0.2, -0.15) is 17.9 Å². The van der Waals surface area contributed by atoms with Crippen LogP contribution in [0.25, 0.3) is 0 Å². The number of hydrogen-bond acceptors (Lipinski definition) is 4. The average Bonchev–Trinajstić information content (AvgIpc) is 2.88. The van der Waals surface area contributed by atoms with Crippen LogP contribution < -0.4 is 10.6 Å². The molecular weight excluding hydrogens is 343 g/mol. The molecule has 0 radical (unpaired) electrons. The lowest BCUT2D eigenvalue weighted by atomic mass is 10.2. The Hall–Kier alpha value is -3.11. The molecule has 1 aromatic carbocycles. The third-order valence-electron chi connectivity index (χ3n) is 3.21. The van der Waals surface area contributed by atoms with Crippen molar-refractivity contribution in [2.45, 2.75) is 19.6 Å². The number of aryl methyl sites for hydroxylation is 1. The Morgan fingerprint density at radius 1 is 1.36 bits per heavy atom. The molecule has 2 amide bonds. The first-order chi connectivity index (χ1) is 11.7. The fourth-order valence-electron chi connectivity index (χ4n) is 2.03. The Balaban J connectivity index is 1.88. The number of aromatic nitrogens is 2. The monoisotopic (exact) mass is 357 g/mol. The number of benzene rings is 1. The summed E-state index contributed by atoms with van der Waals surface area (Å²) in [6.07, 6.45) is -4.50. The zero-order chi connectivity index (χ0) is 18.6. The van der Waals surface area contributed by atoms with Crippen LogP contribution in [0.15, 0.2) is 30.3 Å². The van der Waals surface area contributed by atoms with Gasteiger partial charge in [0.25, 0.3) is 0 Å². The quantitative estimate of drug-likeness (QED) is 0.634. The fourth-order valence-corrected chi connectivity index (χ4v) is 2.03. The van der Waals surface area contributed by atoms with Crippen LogP contribution in [-0.4, -0.2) is 27.3 Å². The summed E-state index contributed by atoms with van der Waals surface area (Å²) in [5, 5.41) is 19.1. The second-order valence-corrected chi connectivity index (χ2v) is 5.08. The molecule has 0 unspecified atom stereocenters. The molecule has 0 aliphatic rings. The van der Waals surface area contributed by atoms with Crippen LogP contribution in [0.5, 0.6) is 0 Å². The van der Waals surface area contributed by atoms with Crippen molar-refractivity contribution in [1.29, 1.82) is 0 Å². The van der Waals surface area contributed by atoms with E-state index in [-0.39, 0.29) is 24.6 Å². The molecule has 8 nitrogen and oxygen atoms in total. The van der Waals surface area contributed by atoms with Crippen molar-refractivity contribution in [3.8, 4) is 0 Å². The number of rotatable bonds is 5. The third kappa shape index (κ3) is 4.93. The van der Waals surface area contributed by atoms with E-state index < -0.39 is 22.7 Å². The molecule has 0 saturated carbocycles. The van der Waals surface area contributed by atoms with E-state index in [1.165, 1.54) is 22.9 Å². The summed E-state index contributed by atoms with van der Waals surface area (Å²) in [5.74, 6) is -0.300. The third-order valence-corrected chi connectivity index (χ3v) is 3.21. The molecule has 1 aromatic heterocycles. The topological polar surface area (TPSA) is 102 Å². The maximum Gasteiger partial charge on any atom is 0.416 e. The van der Waals surface area contributed by atoms with Crippen LogP contribution in [0.4, 0.5) is 29.5 Å². The zero-order valence-corrected chi connectivity index (χ0v) is 13.0. The molecule has 2 aromatic rings. The molecule has 2 rings (SSSR count). The summed E-state index contributed by atoms with van der Waals surface area (Å²) >= 11 is 0. The normalized spacial score (nSPS) is 11.2. The van der Waals surface area contributed by atoms with E-state index in [2.05, 4.69) is 15.7 Å². The second-order valence-electron chi connectivity index (χ2n) is 5.08. The number of anilines is 1. The Morgan fingerprint density at radius 3 is 2.68 bits per heavy atom. The molecule has 134 valence electrons. The fraction of sp³-hybridized carbons (Fsp3) is 0.286. The first kappa shape index (κ1) is 18.2. The van der Waals surface area contributed by atoms with Crippen molar-refractivity contribution >= 4 is 17.5 Å². The second kappa shape index (κ2) is 7.20. The molecule has 0 aliphatic heterocycles. The molecule has 0 atom stereocenters. The van der Waals surface area contributed by atoms with E-state index in [4.69, 9.17) is 0 Å². The molecule has 0 spiro atoms. The summed E-state index contributed by atoms with van der Waals surface area (Å²) in [5.41, 5.74) is -0.324. The van der Waals surface area contributed by atoms with Crippen molar-refractivity contribution in [2.24, 2.45) is 0 Å². The van der Waals surface area contributed by atoms with Gasteiger partial charge in [-0.1, -0.05) is 6.07 Å². The van der Waals surface area contributed by atoms with Crippen LogP contribution in [0, 0.1) is 17.0 Å². The van der Waals surface area contributed by atoms with Gasteiger partial charge in [0, 0.05) is 12.2 Å². The molecule has 1 heterocycles. The summed E-state index contributed by atoms with van der Waals surface area (Å²) in [6, 6.07) is 4.83. The summed E-state index contributed by atoms with van der Waals surface area (Å²) in [4.78, 5) is 21.7. The van der Waals surface area contributed by atoms with Crippen LogP contribution >= 0.6 is 0 Å². The van der Waals surface area contributed by atoms with Crippen molar-refractivity contribution in [2.75, 3.05) is 11.9 Å². The van der Waals surface area contributed by atoms with Gasteiger partial charge in [-0.25, -0.2) is 4.79 Å². The summed E-state index contributed by atoms with van der Waals surface area (Å²) in [7, 11) is 0. The van der Waals surface area contributed by atoms with E-state index in [1.54, 1.807) is 6.92 Å². The summed E-state index contributed by atoms with van der Waals surface area (Å²) in [6.45, 7) is 1.89. The van der Waals surface area contributed by atoms with Gasteiger partial charge in [0.05, 0.1) is 29.0 Å². The highest BCUT2D eigenvalue weighted by Crippen LogP contribution is 2.30. The molecule has 25 heavy (non-hydrogen) atoms. The Bertz CT molecular complexity index is 788. The Morgan fingerprint density at radius 2 is 2.08 bits per heavy atom. The Labute approximate surface area is 139 Å². The standard InChI is InChI=1S/C14H14F3N5O3/c1-9-7-12(22(24)25)20-21(9)6-5-18-13(23)19-11-4-2-3-10(8-11)14(15,16)17/h2-4,7-8H,5-6H2,1H3,(H2,18,19,23). The highest BCUT2D eigenvalue weighted by atomic mass is 19.4. The highest BCUT2D eigenvalue weighted by molar-refractivity contribution is 5.89. The average molecular weight is 357 g/mol. The van der Waals surface area contributed by atoms with E-state index >= 15 is 0 Å². The van der Waals surface area contributed by atoms with Gasteiger partial charge in [0.15, 0.2) is 0 Å². The first-order valence-electron chi connectivity index (χ1n) is 7.08. The number of alkyl halides is 3. The van der Waals surface area contributed by atoms with Gasteiger partial charge >= 0.3 is 18.0 Å². The van der Waals surface area contributed by atoms with Crippen molar-refractivity contribution in [3.05, 3.63) is 51.7 Å². The lowest BCUT2D eigenvalue weighted by molar-refractivity contribution is -0.389. The summed E-state index contributed by atoms with van der Waals surface area (Å²) < 4.78 is 39.2. The molecule has 0 fully saturated rings. The van der Waals surface area contributed by atoms with E-state index in [0.29, 0.717) is 5.69 Å². The molecule has 2 N–H and O–H groups in total. The van der Waals surface area contributed by atoms with Gasteiger partial charge in [0.2, 0.25) is 0 Å². The van der Waals surface area contributed by atoms with Crippen LogP contribution in [0.1, 0.15) is 11.3 Å². The Kier molecular flexibility index (Phi) is 5.25. The van der Waals surface area contributed by atoms with Gasteiger partial charge in [-0.05, 0) is 30.0 Å². The molecule has 11 heteroatoms. The lowest BCUT2D eigenvalue weighted by Crippen LogP contribution is -2.31. The smallest absolute Gasteiger partial charge is 0.358 e. The van der Waals surface area contributed by atoms with Crippen LogP contribution in [-0.2, 0) is 12.7 Å². The number of nitrogens with zero attached hydrogens (tertiary/aromatic N) is 3.